The molecule has 1 aromatic rings. The first-order valence-electron chi connectivity index (χ1n) is 5.83. The molecule has 1 aromatic carbocycles. The predicted octanol–water partition coefficient (Wildman–Crippen LogP) is 1.19. The smallest absolute Gasteiger partial charge is 0.319 e. The average Bonchev–Trinajstić information content (AvgIpc) is 2.84. The van der Waals surface area contributed by atoms with E-state index in [2.05, 4.69) is 10.6 Å². The molecular formula is C12H16FN3O2. The van der Waals surface area contributed by atoms with Crippen molar-refractivity contribution >= 4 is 11.7 Å². The number of halogens is 1. The largest absolute Gasteiger partial charge is 0.379 e. The first-order chi connectivity index (χ1) is 8.69. The van der Waals surface area contributed by atoms with E-state index < -0.39 is 0 Å². The zero-order valence-electron chi connectivity index (χ0n) is 9.91. The Morgan fingerprint density at radius 2 is 2.39 bits per heavy atom. The van der Waals surface area contributed by atoms with E-state index in [0.29, 0.717) is 24.5 Å². The van der Waals surface area contributed by atoms with Crippen LogP contribution in [0.5, 0.6) is 0 Å². The maximum Gasteiger partial charge on any atom is 0.319 e. The Hall–Kier alpha value is -1.66. The van der Waals surface area contributed by atoms with E-state index in [1.807, 2.05) is 0 Å². The van der Waals surface area contributed by atoms with Crippen LogP contribution in [0.2, 0.25) is 0 Å². The molecule has 0 aliphatic carbocycles. The second-order valence-electron chi connectivity index (χ2n) is 4.16. The van der Waals surface area contributed by atoms with Gasteiger partial charge in [0.1, 0.15) is 5.82 Å². The highest BCUT2D eigenvalue weighted by atomic mass is 19.1. The van der Waals surface area contributed by atoms with Crippen molar-refractivity contribution in [3.63, 3.8) is 0 Å². The van der Waals surface area contributed by atoms with Gasteiger partial charge in [-0.05, 0) is 30.2 Å². The lowest BCUT2D eigenvalue weighted by molar-refractivity contribution is 0.189. The minimum absolute atomic E-state index is 0.0341. The Morgan fingerprint density at radius 1 is 1.56 bits per heavy atom. The van der Waals surface area contributed by atoms with E-state index in [1.54, 1.807) is 0 Å². The van der Waals surface area contributed by atoms with E-state index in [4.69, 9.17) is 10.5 Å². The van der Waals surface area contributed by atoms with Crippen LogP contribution in [0.1, 0.15) is 12.0 Å². The molecule has 98 valence electrons. The number of nitrogens with one attached hydrogen (secondary N) is 2. The number of rotatable bonds is 3. The summed E-state index contributed by atoms with van der Waals surface area (Å²) in [6, 6.07) is 3.81. The molecule has 6 heteroatoms. The highest BCUT2D eigenvalue weighted by Crippen LogP contribution is 2.16. The summed E-state index contributed by atoms with van der Waals surface area (Å²) in [4.78, 5) is 11.7. The van der Waals surface area contributed by atoms with E-state index in [-0.39, 0.29) is 24.4 Å². The summed E-state index contributed by atoms with van der Waals surface area (Å²) in [5.74, 6) is -0.370. The quantitative estimate of drug-likeness (QED) is 0.757. The molecule has 1 unspecified atom stereocenters. The Kier molecular flexibility index (Phi) is 4.11. The van der Waals surface area contributed by atoms with Gasteiger partial charge in [-0.1, -0.05) is 0 Å². The lowest BCUT2D eigenvalue weighted by atomic mass is 10.1. The fourth-order valence-electron chi connectivity index (χ4n) is 1.85. The molecule has 5 nitrogen and oxygen atoms in total. The third kappa shape index (κ3) is 3.18. The van der Waals surface area contributed by atoms with E-state index in [1.165, 1.54) is 18.2 Å². The number of anilines is 1. The number of carbonyl (C=O) groups is 1. The van der Waals surface area contributed by atoms with Crippen LogP contribution < -0.4 is 16.4 Å². The summed E-state index contributed by atoms with van der Waals surface area (Å²) < 4.78 is 18.2. The number of carbonyl (C=O) groups excluding carboxylic acids is 1. The monoisotopic (exact) mass is 253 g/mol. The number of nitrogens with two attached hydrogens (primary N) is 1. The molecule has 4 N–H and O–H groups in total. The minimum atomic E-state index is -0.370. The second kappa shape index (κ2) is 5.79. The molecular weight excluding hydrogens is 237 g/mol. The third-order valence-electron chi connectivity index (χ3n) is 2.80. The average molecular weight is 253 g/mol. The normalized spacial score (nSPS) is 18.7. The number of ether oxygens (including phenoxy) is 1. The lowest BCUT2D eigenvalue weighted by Crippen LogP contribution is -2.38. The van der Waals surface area contributed by atoms with Crippen LogP contribution in [0.4, 0.5) is 14.9 Å². The molecule has 0 bridgehead atoms. The highest BCUT2D eigenvalue weighted by Gasteiger charge is 2.18. The van der Waals surface area contributed by atoms with Crippen LogP contribution >= 0.6 is 0 Å². The van der Waals surface area contributed by atoms with Crippen LogP contribution in [0, 0.1) is 5.82 Å². The van der Waals surface area contributed by atoms with E-state index in [9.17, 15) is 9.18 Å². The Bertz CT molecular complexity index is 433. The SMILES string of the molecule is NCc1cc(F)ccc1NC(=O)NC1CCOC1. The van der Waals surface area contributed by atoms with Gasteiger partial charge in [-0.3, -0.25) is 0 Å². The van der Waals surface area contributed by atoms with Crippen molar-refractivity contribution in [2.24, 2.45) is 5.73 Å². The van der Waals surface area contributed by atoms with Crippen molar-refractivity contribution < 1.29 is 13.9 Å². The van der Waals surface area contributed by atoms with E-state index >= 15 is 0 Å². The van der Waals surface area contributed by atoms with Gasteiger partial charge in [-0.25, -0.2) is 9.18 Å². The predicted molar refractivity (Wildman–Crippen MR) is 65.7 cm³/mol. The van der Waals surface area contributed by atoms with Crippen molar-refractivity contribution in [3.8, 4) is 0 Å². The molecule has 1 aliphatic rings. The Morgan fingerprint density at radius 3 is 3.06 bits per heavy atom. The van der Waals surface area contributed by atoms with Gasteiger partial charge >= 0.3 is 6.03 Å². The fourth-order valence-corrected chi connectivity index (χ4v) is 1.85. The maximum absolute atomic E-state index is 13.0. The van der Waals surface area contributed by atoms with Crippen LogP contribution in [-0.2, 0) is 11.3 Å². The van der Waals surface area contributed by atoms with Crippen LogP contribution in [0.3, 0.4) is 0 Å². The molecule has 0 radical (unpaired) electrons. The number of benzene rings is 1. The van der Waals surface area contributed by atoms with E-state index in [0.717, 1.165) is 6.42 Å². The zero-order valence-corrected chi connectivity index (χ0v) is 9.91. The second-order valence-corrected chi connectivity index (χ2v) is 4.16. The molecule has 1 heterocycles. The van der Waals surface area contributed by atoms with Crippen LogP contribution in [-0.4, -0.2) is 25.3 Å². The van der Waals surface area contributed by atoms with Gasteiger partial charge in [-0.2, -0.15) is 0 Å². The minimum Gasteiger partial charge on any atom is -0.379 e. The number of urea groups is 1. The Balaban J connectivity index is 1.97. The van der Waals surface area contributed by atoms with Crippen molar-refractivity contribution in [2.75, 3.05) is 18.5 Å². The third-order valence-corrected chi connectivity index (χ3v) is 2.80. The number of amides is 2. The van der Waals surface area contributed by atoms with Gasteiger partial charge in [0.15, 0.2) is 0 Å². The summed E-state index contributed by atoms with van der Waals surface area (Å²) in [6.45, 7) is 1.36. The summed E-state index contributed by atoms with van der Waals surface area (Å²) in [5.41, 5.74) is 6.59. The fraction of sp³-hybridized carbons (Fsp3) is 0.417. The Labute approximate surface area is 104 Å². The van der Waals surface area contributed by atoms with Crippen molar-refractivity contribution in [2.45, 2.75) is 19.0 Å². The molecule has 1 aliphatic heterocycles. The summed E-state index contributed by atoms with van der Waals surface area (Å²) in [6.07, 6.45) is 0.806. The molecule has 18 heavy (non-hydrogen) atoms. The first kappa shape index (κ1) is 12.8. The van der Waals surface area contributed by atoms with Crippen molar-refractivity contribution in [1.82, 2.24) is 5.32 Å². The molecule has 2 amide bonds. The molecule has 0 saturated carbocycles. The first-order valence-corrected chi connectivity index (χ1v) is 5.83. The number of hydrogen-bond donors (Lipinski definition) is 3. The summed E-state index contributed by atoms with van der Waals surface area (Å²) >= 11 is 0. The molecule has 2 rings (SSSR count). The summed E-state index contributed by atoms with van der Waals surface area (Å²) in [7, 11) is 0. The van der Waals surface area contributed by atoms with Gasteiger partial charge in [-0.15, -0.1) is 0 Å². The molecule has 1 saturated heterocycles. The van der Waals surface area contributed by atoms with Crippen LogP contribution in [0.15, 0.2) is 18.2 Å². The van der Waals surface area contributed by atoms with Gasteiger partial charge in [0, 0.05) is 18.8 Å². The molecule has 1 fully saturated rings. The molecule has 0 aromatic heterocycles. The van der Waals surface area contributed by atoms with Gasteiger partial charge in [0.05, 0.1) is 12.6 Å². The maximum atomic E-state index is 13.0. The van der Waals surface area contributed by atoms with Gasteiger partial charge < -0.3 is 21.1 Å². The number of hydrogen-bond acceptors (Lipinski definition) is 3. The van der Waals surface area contributed by atoms with Crippen molar-refractivity contribution in [3.05, 3.63) is 29.6 Å². The van der Waals surface area contributed by atoms with Gasteiger partial charge in [0.2, 0.25) is 0 Å². The lowest BCUT2D eigenvalue weighted by Gasteiger charge is -2.14. The topological polar surface area (TPSA) is 76.4 Å². The molecule has 1 atom stereocenters. The molecule has 0 spiro atoms. The van der Waals surface area contributed by atoms with Gasteiger partial charge in [0.25, 0.3) is 0 Å². The standard InChI is InChI=1S/C12H16FN3O2/c13-9-1-2-11(8(5-9)6-14)16-12(17)15-10-3-4-18-7-10/h1-2,5,10H,3-4,6-7,14H2,(H2,15,16,17). The highest BCUT2D eigenvalue weighted by molar-refractivity contribution is 5.90. The summed E-state index contributed by atoms with van der Waals surface area (Å²) in [5, 5.41) is 5.45. The van der Waals surface area contributed by atoms with Crippen LogP contribution in [0.25, 0.3) is 0 Å². The zero-order chi connectivity index (χ0) is 13.0. The van der Waals surface area contributed by atoms with Crippen molar-refractivity contribution in [1.29, 1.82) is 0 Å².